The van der Waals surface area contributed by atoms with Gasteiger partial charge in [0.25, 0.3) is 0 Å². The second-order valence-corrected chi connectivity index (χ2v) is 5.84. The molecule has 0 aliphatic carbocycles. The number of furan rings is 1. The van der Waals surface area contributed by atoms with Gasteiger partial charge in [-0.2, -0.15) is 0 Å². The number of hydrogen-bond donors (Lipinski definition) is 1. The van der Waals surface area contributed by atoms with Crippen LogP contribution in [0.5, 0.6) is 0 Å². The Balaban J connectivity index is 1.58. The maximum atomic E-state index is 5.36. The summed E-state index contributed by atoms with van der Waals surface area (Å²) in [5.74, 6) is 1.52. The predicted molar refractivity (Wildman–Crippen MR) is 94.4 cm³/mol. The normalized spacial score (nSPS) is 12.2. The molecule has 2 nitrogen and oxygen atoms in total. The monoisotopic (exact) mass is 305 g/mol. The number of benzene rings is 2. The third kappa shape index (κ3) is 4.83. The topological polar surface area (TPSA) is 25.2 Å². The third-order valence-corrected chi connectivity index (χ3v) is 4.14. The molecule has 0 aliphatic rings. The van der Waals surface area contributed by atoms with Gasteiger partial charge in [0.1, 0.15) is 5.76 Å². The van der Waals surface area contributed by atoms with Gasteiger partial charge in [0.15, 0.2) is 0 Å². The van der Waals surface area contributed by atoms with Crippen LogP contribution in [0.3, 0.4) is 0 Å². The van der Waals surface area contributed by atoms with Gasteiger partial charge in [0.2, 0.25) is 0 Å². The van der Waals surface area contributed by atoms with Gasteiger partial charge in [0.05, 0.1) is 12.8 Å². The van der Waals surface area contributed by atoms with Crippen LogP contribution in [-0.2, 0) is 13.0 Å². The first-order chi connectivity index (χ1) is 11.4. The van der Waals surface area contributed by atoms with Crippen LogP contribution in [0.4, 0.5) is 0 Å². The van der Waals surface area contributed by atoms with Gasteiger partial charge < -0.3 is 9.73 Å². The summed E-state index contributed by atoms with van der Waals surface area (Å²) in [4.78, 5) is 0. The fraction of sp³-hybridized carbons (Fsp3) is 0.238. The van der Waals surface area contributed by atoms with Gasteiger partial charge in [-0.3, -0.25) is 0 Å². The number of hydrogen-bond acceptors (Lipinski definition) is 2. The minimum absolute atomic E-state index is 0.530. The lowest BCUT2D eigenvalue weighted by molar-refractivity contribution is 0.472. The Bertz CT molecular complexity index is 662. The zero-order valence-electron chi connectivity index (χ0n) is 13.3. The van der Waals surface area contributed by atoms with Crippen molar-refractivity contribution in [3.63, 3.8) is 0 Å². The van der Waals surface area contributed by atoms with Gasteiger partial charge >= 0.3 is 0 Å². The highest BCUT2D eigenvalue weighted by atomic mass is 16.3. The first kappa shape index (κ1) is 15.6. The molecule has 118 valence electrons. The van der Waals surface area contributed by atoms with Crippen LogP contribution in [0.25, 0.3) is 0 Å². The Morgan fingerprint density at radius 2 is 1.57 bits per heavy atom. The molecular formula is C21H23NO. The van der Waals surface area contributed by atoms with Crippen molar-refractivity contribution in [2.45, 2.75) is 25.3 Å². The van der Waals surface area contributed by atoms with Crippen LogP contribution in [-0.4, -0.2) is 6.54 Å². The van der Waals surface area contributed by atoms with E-state index in [9.17, 15) is 0 Å². The van der Waals surface area contributed by atoms with Crippen molar-refractivity contribution in [2.24, 2.45) is 0 Å². The Kier molecular flexibility index (Phi) is 5.65. The van der Waals surface area contributed by atoms with Crippen LogP contribution in [0.2, 0.25) is 0 Å². The molecule has 0 aliphatic heterocycles. The third-order valence-electron chi connectivity index (χ3n) is 4.14. The van der Waals surface area contributed by atoms with Crippen molar-refractivity contribution in [1.82, 2.24) is 5.32 Å². The fourth-order valence-electron chi connectivity index (χ4n) is 2.91. The molecular weight excluding hydrogens is 282 g/mol. The van der Waals surface area contributed by atoms with E-state index in [-0.39, 0.29) is 0 Å². The lowest BCUT2D eigenvalue weighted by atomic mass is 9.89. The van der Waals surface area contributed by atoms with E-state index >= 15 is 0 Å². The molecule has 0 radical (unpaired) electrons. The molecule has 0 amide bonds. The Morgan fingerprint density at radius 1 is 0.826 bits per heavy atom. The summed E-state index contributed by atoms with van der Waals surface area (Å²) < 4.78 is 5.36. The zero-order chi connectivity index (χ0) is 15.7. The van der Waals surface area contributed by atoms with Gasteiger partial charge in [-0.15, -0.1) is 0 Å². The summed E-state index contributed by atoms with van der Waals surface area (Å²) in [6, 6.07) is 25.5. The van der Waals surface area contributed by atoms with E-state index in [0.29, 0.717) is 5.92 Å². The molecule has 3 rings (SSSR count). The molecule has 1 heterocycles. The van der Waals surface area contributed by atoms with Crippen molar-refractivity contribution < 1.29 is 4.42 Å². The first-order valence-corrected chi connectivity index (χ1v) is 8.24. The van der Waals surface area contributed by atoms with Gasteiger partial charge in [-0.25, -0.2) is 0 Å². The summed E-state index contributed by atoms with van der Waals surface area (Å²) in [6.07, 6.45) is 3.91. The average Bonchev–Trinajstić information content (AvgIpc) is 3.13. The molecule has 0 fully saturated rings. The van der Waals surface area contributed by atoms with E-state index in [1.807, 2.05) is 12.1 Å². The SMILES string of the molecule is c1ccc(C[C@H](CCNCc2ccco2)c2ccccc2)cc1. The van der Waals surface area contributed by atoms with Gasteiger partial charge in [-0.1, -0.05) is 60.7 Å². The van der Waals surface area contributed by atoms with Gasteiger partial charge in [0, 0.05) is 0 Å². The second kappa shape index (κ2) is 8.35. The highest BCUT2D eigenvalue weighted by Gasteiger charge is 2.12. The summed E-state index contributed by atoms with van der Waals surface area (Å²) in [5.41, 5.74) is 2.81. The maximum absolute atomic E-state index is 5.36. The summed E-state index contributed by atoms with van der Waals surface area (Å²) >= 11 is 0. The second-order valence-electron chi connectivity index (χ2n) is 5.84. The van der Waals surface area contributed by atoms with Crippen LogP contribution in [0.15, 0.2) is 83.5 Å². The maximum Gasteiger partial charge on any atom is 0.117 e. The van der Waals surface area contributed by atoms with Crippen LogP contribution in [0.1, 0.15) is 29.2 Å². The molecule has 23 heavy (non-hydrogen) atoms. The van der Waals surface area contributed by atoms with E-state index in [0.717, 1.165) is 31.7 Å². The highest BCUT2D eigenvalue weighted by molar-refractivity contribution is 5.24. The molecule has 2 heteroatoms. The minimum Gasteiger partial charge on any atom is -0.468 e. The zero-order valence-corrected chi connectivity index (χ0v) is 13.3. The highest BCUT2D eigenvalue weighted by Crippen LogP contribution is 2.24. The van der Waals surface area contributed by atoms with Crippen molar-refractivity contribution >= 4 is 0 Å². The molecule has 0 bridgehead atoms. The molecule has 1 N–H and O–H groups in total. The molecule has 0 saturated carbocycles. The van der Waals surface area contributed by atoms with E-state index < -0.39 is 0 Å². The van der Waals surface area contributed by atoms with E-state index in [2.05, 4.69) is 66.0 Å². The van der Waals surface area contributed by atoms with Gasteiger partial charge in [-0.05, 0) is 48.6 Å². The molecule has 0 spiro atoms. The molecule has 2 aromatic carbocycles. The Hall–Kier alpha value is -2.32. The average molecular weight is 305 g/mol. The van der Waals surface area contributed by atoms with Crippen molar-refractivity contribution in [2.75, 3.05) is 6.54 Å². The fourth-order valence-corrected chi connectivity index (χ4v) is 2.91. The smallest absolute Gasteiger partial charge is 0.117 e. The van der Waals surface area contributed by atoms with Crippen LogP contribution < -0.4 is 5.32 Å². The lowest BCUT2D eigenvalue weighted by Crippen LogP contribution is -2.18. The largest absolute Gasteiger partial charge is 0.468 e. The van der Waals surface area contributed by atoms with Crippen LogP contribution in [0, 0.1) is 0 Å². The molecule has 1 atom stereocenters. The number of rotatable bonds is 8. The van der Waals surface area contributed by atoms with E-state index in [1.165, 1.54) is 11.1 Å². The summed E-state index contributed by atoms with van der Waals surface area (Å²) in [5, 5.41) is 3.48. The van der Waals surface area contributed by atoms with Crippen molar-refractivity contribution in [1.29, 1.82) is 0 Å². The minimum atomic E-state index is 0.530. The lowest BCUT2D eigenvalue weighted by Gasteiger charge is -2.18. The van der Waals surface area contributed by atoms with Crippen LogP contribution >= 0.6 is 0 Å². The molecule has 0 saturated heterocycles. The van der Waals surface area contributed by atoms with E-state index in [1.54, 1.807) is 6.26 Å². The Labute approximate surface area is 138 Å². The van der Waals surface area contributed by atoms with Crippen molar-refractivity contribution in [3.8, 4) is 0 Å². The molecule has 3 aromatic rings. The molecule has 1 aromatic heterocycles. The summed E-state index contributed by atoms with van der Waals surface area (Å²) in [7, 11) is 0. The van der Waals surface area contributed by atoms with Crippen molar-refractivity contribution in [3.05, 3.63) is 95.9 Å². The first-order valence-electron chi connectivity index (χ1n) is 8.24. The molecule has 0 unspecified atom stereocenters. The quantitative estimate of drug-likeness (QED) is 0.606. The summed E-state index contributed by atoms with van der Waals surface area (Å²) in [6.45, 7) is 1.77. The number of nitrogens with one attached hydrogen (secondary N) is 1. The van der Waals surface area contributed by atoms with E-state index in [4.69, 9.17) is 4.42 Å². The standard InChI is InChI=1S/C21H23NO/c1-3-8-18(9-4-1)16-20(19-10-5-2-6-11-19)13-14-22-17-21-12-7-15-23-21/h1-12,15,20,22H,13-14,16-17H2/t20-/m0/s1. The predicted octanol–water partition coefficient (Wildman–Crippen LogP) is 4.79. The Morgan fingerprint density at radius 3 is 2.26 bits per heavy atom.